The molecule has 158 valence electrons. The van der Waals surface area contributed by atoms with E-state index in [0.717, 1.165) is 40.9 Å². The fourth-order valence-corrected chi connectivity index (χ4v) is 4.64. The standard InChI is InChI=1S/C23H30BrClN2O2/c1-16-7-9-19(25)21(23(16)28)22(18-15-17(24)8-10-20(18)29-2)26-11-6-14-27-12-4-3-5-13-27/h7-10,15,22,26,28H,3-6,11-14H2,1-2H3. The molecule has 0 amide bonds. The highest BCUT2D eigenvalue weighted by atomic mass is 79.9. The Kier molecular flexibility index (Phi) is 8.25. The van der Waals surface area contributed by atoms with Gasteiger partial charge in [-0.15, -0.1) is 0 Å². The minimum atomic E-state index is -0.267. The number of rotatable bonds is 8. The summed E-state index contributed by atoms with van der Waals surface area (Å²) < 4.78 is 6.58. The summed E-state index contributed by atoms with van der Waals surface area (Å²) in [6.45, 7) is 6.20. The zero-order valence-corrected chi connectivity index (χ0v) is 19.5. The average Bonchev–Trinajstić information content (AvgIpc) is 2.73. The number of phenolic OH excluding ortho intramolecular Hbond substituents is 1. The highest BCUT2D eigenvalue weighted by Crippen LogP contribution is 2.40. The zero-order chi connectivity index (χ0) is 20.8. The number of likely N-dealkylation sites (tertiary alicyclic amines) is 1. The van der Waals surface area contributed by atoms with Gasteiger partial charge in [-0.1, -0.05) is 40.0 Å². The summed E-state index contributed by atoms with van der Waals surface area (Å²) in [5.41, 5.74) is 2.45. The van der Waals surface area contributed by atoms with Crippen LogP contribution in [-0.4, -0.2) is 43.3 Å². The highest BCUT2D eigenvalue weighted by molar-refractivity contribution is 9.10. The largest absolute Gasteiger partial charge is 0.507 e. The molecule has 0 spiro atoms. The van der Waals surface area contributed by atoms with Gasteiger partial charge in [0, 0.05) is 20.6 Å². The maximum Gasteiger partial charge on any atom is 0.125 e. The summed E-state index contributed by atoms with van der Waals surface area (Å²) in [7, 11) is 1.66. The second kappa shape index (κ2) is 10.7. The molecule has 6 heteroatoms. The molecule has 1 aliphatic heterocycles. The van der Waals surface area contributed by atoms with E-state index >= 15 is 0 Å². The van der Waals surface area contributed by atoms with E-state index in [9.17, 15) is 5.11 Å². The summed E-state index contributed by atoms with van der Waals surface area (Å²) in [5, 5.41) is 15.0. The van der Waals surface area contributed by atoms with E-state index in [1.54, 1.807) is 7.11 Å². The van der Waals surface area contributed by atoms with E-state index in [1.165, 1.54) is 32.4 Å². The Morgan fingerprint density at radius 3 is 2.69 bits per heavy atom. The molecule has 2 aromatic carbocycles. The quantitative estimate of drug-likeness (QED) is 0.476. The van der Waals surface area contributed by atoms with E-state index in [1.807, 2.05) is 37.3 Å². The monoisotopic (exact) mass is 480 g/mol. The number of aryl methyl sites for hydroxylation is 1. The summed E-state index contributed by atoms with van der Waals surface area (Å²) in [4.78, 5) is 2.54. The minimum Gasteiger partial charge on any atom is -0.507 e. The third kappa shape index (κ3) is 5.66. The van der Waals surface area contributed by atoms with E-state index in [-0.39, 0.29) is 11.8 Å². The van der Waals surface area contributed by atoms with Crippen LogP contribution >= 0.6 is 27.5 Å². The Morgan fingerprint density at radius 1 is 1.21 bits per heavy atom. The van der Waals surface area contributed by atoms with Crippen molar-refractivity contribution in [1.29, 1.82) is 0 Å². The molecule has 0 radical (unpaired) electrons. The highest BCUT2D eigenvalue weighted by Gasteiger charge is 2.25. The molecule has 1 aliphatic rings. The predicted molar refractivity (Wildman–Crippen MR) is 123 cm³/mol. The minimum absolute atomic E-state index is 0.230. The molecule has 1 unspecified atom stereocenters. The molecule has 0 aliphatic carbocycles. The number of piperidine rings is 1. The Morgan fingerprint density at radius 2 is 1.97 bits per heavy atom. The SMILES string of the molecule is COc1ccc(Br)cc1C(NCCCN1CCCCC1)c1c(Cl)ccc(C)c1O. The molecule has 1 saturated heterocycles. The first kappa shape index (κ1) is 22.4. The van der Waals surface area contributed by atoms with Gasteiger partial charge in [0.25, 0.3) is 0 Å². The van der Waals surface area contributed by atoms with E-state index in [4.69, 9.17) is 16.3 Å². The number of ether oxygens (including phenoxy) is 1. The van der Waals surface area contributed by atoms with Gasteiger partial charge in [0.05, 0.1) is 13.2 Å². The lowest BCUT2D eigenvalue weighted by atomic mass is 9.95. The molecule has 4 nitrogen and oxygen atoms in total. The number of aromatic hydroxyl groups is 1. The lowest BCUT2D eigenvalue weighted by Gasteiger charge is -2.28. The first-order chi connectivity index (χ1) is 14.0. The Labute approximate surface area is 187 Å². The molecule has 2 aromatic rings. The molecule has 1 atom stereocenters. The summed E-state index contributed by atoms with van der Waals surface area (Å²) >= 11 is 10.1. The van der Waals surface area contributed by atoms with Crippen molar-refractivity contribution < 1.29 is 9.84 Å². The maximum atomic E-state index is 10.8. The van der Waals surface area contributed by atoms with Gasteiger partial charge in [0.15, 0.2) is 0 Å². The van der Waals surface area contributed by atoms with Crippen LogP contribution in [0.3, 0.4) is 0 Å². The van der Waals surface area contributed by atoms with Crippen LogP contribution in [0.5, 0.6) is 11.5 Å². The van der Waals surface area contributed by atoms with Gasteiger partial charge in [0.1, 0.15) is 11.5 Å². The number of benzene rings is 2. The average molecular weight is 482 g/mol. The first-order valence-electron chi connectivity index (χ1n) is 10.3. The molecule has 1 heterocycles. The molecule has 0 saturated carbocycles. The van der Waals surface area contributed by atoms with Crippen LogP contribution in [0, 0.1) is 6.92 Å². The maximum absolute atomic E-state index is 10.8. The van der Waals surface area contributed by atoms with Crippen LogP contribution in [0.1, 0.15) is 48.4 Å². The van der Waals surface area contributed by atoms with Gasteiger partial charge >= 0.3 is 0 Å². The number of halogens is 2. The number of nitrogens with one attached hydrogen (secondary N) is 1. The molecular formula is C23H30BrClN2O2. The molecule has 0 aromatic heterocycles. The molecule has 3 rings (SSSR count). The smallest absolute Gasteiger partial charge is 0.125 e. The van der Waals surface area contributed by atoms with Crippen molar-refractivity contribution in [3.05, 3.63) is 56.5 Å². The van der Waals surface area contributed by atoms with Crippen molar-refractivity contribution in [3.63, 3.8) is 0 Å². The molecule has 0 bridgehead atoms. The van der Waals surface area contributed by atoms with Gasteiger partial charge < -0.3 is 20.1 Å². The lowest BCUT2D eigenvalue weighted by molar-refractivity contribution is 0.225. The van der Waals surface area contributed by atoms with Gasteiger partial charge in [-0.25, -0.2) is 0 Å². The van der Waals surface area contributed by atoms with Crippen molar-refractivity contribution >= 4 is 27.5 Å². The second-order valence-electron chi connectivity index (χ2n) is 7.66. The van der Waals surface area contributed by atoms with Crippen LogP contribution in [0.15, 0.2) is 34.8 Å². The Hall–Kier alpha value is -1.27. The topological polar surface area (TPSA) is 44.7 Å². The summed E-state index contributed by atoms with van der Waals surface area (Å²) in [6, 6.07) is 9.33. The van der Waals surface area contributed by atoms with Crippen LogP contribution in [0.25, 0.3) is 0 Å². The van der Waals surface area contributed by atoms with Crippen LogP contribution in [0.4, 0.5) is 0 Å². The van der Waals surface area contributed by atoms with E-state index in [0.29, 0.717) is 10.6 Å². The lowest BCUT2D eigenvalue weighted by Crippen LogP contribution is -2.33. The molecule has 29 heavy (non-hydrogen) atoms. The van der Waals surface area contributed by atoms with Gasteiger partial charge in [-0.3, -0.25) is 0 Å². The molecular weight excluding hydrogens is 452 g/mol. The predicted octanol–water partition coefficient (Wildman–Crippen LogP) is 5.68. The Bertz CT molecular complexity index is 825. The van der Waals surface area contributed by atoms with Crippen LogP contribution in [-0.2, 0) is 0 Å². The van der Waals surface area contributed by atoms with E-state index < -0.39 is 0 Å². The second-order valence-corrected chi connectivity index (χ2v) is 8.98. The molecule has 1 fully saturated rings. The number of hydrogen-bond donors (Lipinski definition) is 2. The number of hydrogen-bond acceptors (Lipinski definition) is 4. The zero-order valence-electron chi connectivity index (χ0n) is 17.2. The first-order valence-corrected chi connectivity index (χ1v) is 11.5. The third-order valence-corrected chi connectivity index (χ3v) is 6.43. The fourth-order valence-electron chi connectivity index (χ4n) is 4.00. The van der Waals surface area contributed by atoms with Crippen molar-refractivity contribution in [2.75, 3.05) is 33.3 Å². The number of phenols is 1. The van der Waals surface area contributed by atoms with E-state index in [2.05, 4.69) is 26.1 Å². The Balaban J connectivity index is 1.85. The van der Waals surface area contributed by atoms with Crippen molar-refractivity contribution in [2.24, 2.45) is 0 Å². The van der Waals surface area contributed by atoms with Gasteiger partial charge in [-0.2, -0.15) is 0 Å². The fraction of sp³-hybridized carbons (Fsp3) is 0.478. The van der Waals surface area contributed by atoms with Gasteiger partial charge in [0.2, 0.25) is 0 Å². The van der Waals surface area contributed by atoms with Crippen LogP contribution in [0.2, 0.25) is 5.02 Å². The van der Waals surface area contributed by atoms with Crippen molar-refractivity contribution in [2.45, 2.75) is 38.6 Å². The normalized spacial score (nSPS) is 16.0. The van der Waals surface area contributed by atoms with Crippen molar-refractivity contribution in [1.82, 2.24) is 10.2 Å². The summed E-state index contributed by atoms with van der Waals surface area (Å²) in [6.07, 6.45) is 5.00. The van der Waals surface area contributed by atoms with Crippen LogP contribution < -0.4 is 10.1 Å². The summed E-state index contributed by atoms with van der Waals surface area (Å²) in [5.74, 6) is 0.992. The van der Waals surface area contributed by atoms with Crippen molar-refractivity contribution in [3.8, 4) is 11.5 Å². The third-order valence-electron chi connectivity index (χ3n) is 5.61. The van der Waals surface area contributed by atoms with Gasteiger partial charge in [-0.05, 0) is 82.2 Å². The molecule has 2 N–H and O–H groups in total. The number of nitrogens with zero attached hydrogens (tertiary/aromatic N) is 1. The number of methoxy groups -OCH3 is 1.